The lowest BCUT2D eigenvalue weighted by atomic mass is 10.1. The maximum atomic E-state index is 6.28. The van der Waals surface area contributed by atoms with Gasteiger partial charge in [0.05, 0.1) is 43.9 Å². The zero-order valence-corrected chi connectivity index (χ0v) is 16.6. The van der Waals surface area contributed by atoms with E-state index in [-0.39, 0.29) is 6.10 Å². The highest BCUT2D eigenvalue weighted by Crippen LogP contribution is 2.41. The molecule has 0 saturated carbocycles. The third-order valence-electron chi connectivity index (χ3n) is 4.45. The van der Waals surface area contributed by atoms with Crippen LogP contribution in [0.2, 0.25) is 5.02 Å². The lowest BCUT2D eigenvalue weighted by Gasteiger charge is -2.28. The number of hydrogen-bond acceptors (Lipinski definition) is 5. The van der Waals surface area contributed by atoms with Crippen molar-refractivity contribution in [1.29, 1.82) is 0 Å². The lowest BCUT2D eigenvalue weighted by Crippen LogP contribution is -2.21. The van der Waals surface area contributed by atoms with Gasteiger partial charge in [0, 0.05) is 28.2 Å². The largest absolute Gasteiger partial charge is 0.493 e. The molecular formula is C19H18BrClN2O3. The number of nitrogens with zero attached hydrogens (tertiary/aromatic N) is 2. The second-order valence-electron chi connectivity index (χ2n) is 6.16. The predicted octanol–water partition coefficient (Wildman–Crippen LogP) is 4.96. The second-order valence-corrected chi connectivity index (χ2v) is 7.42. The predicted molar refractivity (Wildman–Crippen MR) is 106 cm³/mol. The number of methoxy groups -OCH3 is 1. The Morgan fingerprint density at radius 2 is 2.15 bits per heavy atom. The number of rotatable bonds is 4. The highest BCUT2D eigenvalue weighted by atomic mass is 79.9. The van der Waals surface area contributed by atoms with Crippen LogP contribution in [0, 0.1) is 0 Å². The number of halogens is 2. The van der Waals surface area contributed by atoms with E-state index in [0.29, 0.717) is 29.7 Å². The highest BCUT2D eigenvalue weighted by Gasteiger charge is 2.23. The molecule has 2 aliphatic rings. The van der Waals surface area contributed by atoms with Crippen molar-refractivity contribution >= 4 is 45.2 Å². The van der Waals surface area contributed by atoms with Crippen molar-refractivity contribution < 1.29 is 14.2 Å². The van der Waals surface area contributed by atoms with Gasteiger partial charge in [-0.25, -0.2) is 0 Å². The van der Waals surface area contributed by atoms with Crippen LogP contribution in [0.3, 0.4) is 0 Å². The molecule has 7 heteroatoms. The molecule has 4 rings (SSSR count). The van der Waals surface area contributed by atoms with Crippen molar-refractivity contribution in [1.82, 2.24) is 0 Å². The number of anilines is 2. The topological polar surface area (TPSA) is 43.3 Å². The van der Waals surface area contributed by atoms with Gasteiger partial charge in [-0.1, -0.05) is 11.6 Å². The molecule has 2 aliphatic heterocycles. The van der Waals surface area contributed by atoms with Crippen LogP contribution in [-0.4, -0.2) is 32.8 Å². The van der Waals surface area contributed by atoms with Crippen LogP contribution in [0.25, 0.3) is 0 Å². The Balaban J connectivity index is 1.73. The highest BCUT2D eigenvalue weighted by molar-refractivity contribution is 9.10. The Bertz CT molecular complexity index is 853. The van der Waals surface area contributed by atoms with Crippen LogP contribution >= 0.6 is 27.5 Å². The third-order valence-corrected chi connectivity index (χ3v) is 5.68. The van der Waals surface area contributed by atoms with Crippen molar-refractivity contribution in [3.8, 4) is 11.5 Å². The van der Waals surface area contributed by atoms with Crippen LogP contribution in [0.4, 0.5) is 11.4 Å². The van der Waals surface area contributed by atoms with E-state index in [1.165, 1.54) is 0 Å². The molecule has 1 atom stereocenters. The number of benzene rings is 2. The van der Waals surface area contributed by atoms with Crippen LogP contribution in [-0.2, 0) is 11.3 Å². The summed E-state index contributed by atoms with van der Waals surface area (Å²) >= 11 is 9.71. The van der Waals surface area contributed by atoms with Gasteiger partial charge in [-0.05, 0) is 40.2 Å². The van der Waals surface area contributed by atoms with E-state index in [1.807, 2.05) is 41.6 Å². The smallest absolute Gasteiger partial charge is 0.163 e. The summed E-state index contributed by atoms with van der Waals surface area (Å²) in [4.78, 5) is 6.47. The summed E-state index contributed by atoms with van der Waals surface area (Å²) in [5.74, 6) is 1.42. The van der Waals surface area contributed by atoms with E-state index >= 15 is 0 Å². The molecule has 1 fully saturated rings. The molecule has 0 aromatic heterocycles. The van der Waals surface area contributed by atoms with Gasteiger partial charge in [0.2, 0.25) is 0 Å². The van der Waals surface area contributed by atoms with E-state index < -0.39 is 0 Å². The van der Waals surface area contributed by atoms with Crippen molar-refractivity contribution in [2.45, 2.75) is 19.1 Å². The number of hydrogen-bond donors (Lipinski definition) is 0. The first-order valence-corrected chi connectivity index (χ1v) is 9.52. The molecule has 5 nitrogen and oxygen atoms in total. The van der Waals surface area contributed by atoms with Crippen molar-refractivity contribution in [2.75, 3.05) is 25.2 Å². The minimum absolute atomic E-state index is 0.0507. The van der Waals surface area contributed by atoms with Crippen LogP contribution in [0.15, 0.2) is 39.8 Å². The molecule has 0 unspecified atom stereocenters. The zero-order chi connectivity index (χ0) is 18.1. The molecule has 0 N–H and O–H groups in total. The van der Waals surface area contributed by atoms with E-state index in [9.17, 15) is 0 Å². The molecule has 1 saturated heterocycles. The molecule has 0 aliphatic carbocycles. The molecule has 0 radical (unpaired) electrons. The van der Waals surface area contributed by atoms with E-state index in [0.717, 1.165) is 34.4 Å². The Morgan fingerprint density at radius 1 is 1.27 bits per heavy atom. The van der Waals surface area contributed by atoms with Crippen molar-refractivity contribution in [3.63, 3.8) is 0 Å². The van der Waals surface area contributed by atoms with Gasteiger partial charge in [0.1, 0.15) is 6.10 Å². The first kappa shape index (κ1) is 17.6. The van der Waals surface area contributed by atoms with E-state index in [4.69, 9.17) is 25.8 Å². The maximum Gasteiger partial charge on any atom is 0.163 e. The summed E-state index contributed by atoms with van der Waals surface area (Å²) in [5.41, 5.74) is 3.01. The summed E-state index contributed by atoms with van der Waals surface area (Å²) in [5, 5.41) is 0.649. The molecular weight excluding hydrogens is 420 g/mol. The van der Waals surface area contributed by atoms with E-state index in [2.05, 4.69) is 20.9 Å². The Hall–Kier alpha value is -1.76. The van der Waals surface area contributed by atoms with Crippen LogP contribution < -0.4 is 14.4 Å². The van der Waals surface area contributed by atoms with Gasteiger partial charge in [-0.2, -0.15) is 0 Å². The molecule has 136 valence electrons. The maximum absolute atomic E-state index is 6.28. The average Bonchev–Trinajstić information content (AvgIpc) is 3.16. The molecule has 2 aromatic carbocycles. The molecule has 0 amide bonds. The van der Waals surface area contributed by atoms with Gasteiger partial charge in [0.25, 0.3) is 0 Å². The Labute approximate surface area is 165 Å². The summed E-state index contributed by atoms with van der Waals surface area (Å²) < 4.78 is 17.9. The summed E-state index contributed by atoms with van der Waals surface area (Å²) in [7, 11) is 1.65. The first-order chi connectivity index (χ1) is 12.7. The normalized spacial score (nSPS) is 18.7. The molecule has 0 spiro atoms. The quantitative estimate of drug-likeness (QED) is 0.678. The summed E-state index contributed by atoms with van der Waals surface area (Å²) in [6.45, 7) is 1.93. The third kappa shape index (κ3) is 3.41. The monoisotopic (exact) mass is 436 g/mol. The van der Waals surface area contributed by atoms with Crippen LogP contribution in [0.1, 0.15) is 12.0 Å². The van der Waals surface area contributed by atoms with Gasteiger partial charge in [-0.15, -0.1) is 0 Å². The standard InChI is InChI=1S/C19H18BrClN2O3/c1-24-18-6-12-9-22-11-23(13-2-3-15(20)16(21)7-13)17(12)8-19(18)26-14-4-5-25-10-14/h2-3,6-8,11,14H,4-5,9-10H2,1H3/t14-/m1/s1. The first-order valence-electron chi connectivity index (χ1n) is 8.35. The fourth-order valence-electron chi connectivity index (χ4n) is 3.10. The Morgan fingerprint density at radius 3 is 2.88 bits per heavy atom. The second kappa shape index (κ2) is 7.47. The fourth-order valence-corrected chi connectivity index (χ4v) is 3.52. The number of fused-ring (bicyclic) bond motifs is 1. The molecule has 0 bridgehead atoms. The summed E-state index contributed by atoms with van der Waals surface area (Å²) in [6.07, 6.45) is 2.75. The van der Waals surface area contributed by atoms with E-state index in [1.54, 1.807) is 7.11 Å². The average molecular weight is 438 g/mol. The lowest BCUT2D eigenvalue weighted by molar-refractivity contribution is 0.138. The minimum Gasteiger partial charge on any atom is -0.493 e. The van der Waals surface area contributed by atoms with Crippen molar-refractivity contribution in [2.24, 2.45) is 4.99 Å². The fraction of sp³-hybridized carbons (Fsp3) is 0.316. The zero-order valence-electron chi connectivity index (χ0n) is 14.2. The molecule has 2 aromatic rings. The molecule has 26 heavy (non-hydrogen) atoms. The number of ether oxygens (including phenoxy) is 3. The Kier molecular flexibility index (Phi) is 5.07. The minimum atomic E-state index is 0.0507. The van der Waals surface area contributed by atoms with Gasteiger partial charge in [0.15, 0.2) is 11.5 Å². The van der Waals surface area contributed by atoms with Gasteiger partial charge in [-0.3, -0.25) is 4.99 Å². The van der Waals surface area contributed by atoms with Gasteiger partial charge >= 0.3 is 0 Å². The molecule has 2 heterocycles. The van der Waals surface area contributed by atoms with Crippen molar-refractivity contribution in [3.05, 3.63) is 45.4 Å². The van der Waals surface area contributed by atoms with Gasteiger partial charge < -0.3 is 19.1 Å². The van der Waals surface area contributed by atoms with Crippen LogP contribution in [0.5, 0.6) is 11.5 Å². The SMILES string of the molecule is COc1cc2c(cc1O[C@@H]1CCOC1)N(c1ccc(Br)c(Cl)c1)C=NC2. The summed E-state index contributed by atoms with van der Waals surface area (Å²) in [6, 6.07) is 9.82. The number of aliphatic imine (C=N–C) groups is 1.